The number of amides is 1. The van der Waals surface area contributed by atoms with Gasteiger partial charge in [-0.2, -0.15) is 0 Å². The van der Waals surface area contributed by atoms with Crippen molar-refractivity contribution in [1.29, 1.82) is 0 Å². The molecule has 0 saturated heterocycles. The topological polar surface area (TPSA) is 137 Å². The van der Waals surface area contributed by atoms with Gasteiger partial charge in [-0.05, 0) is 60.9 Å². The molecule has 2 aliphatic rings. The number of hydrogen-bond donors (Lipinski definition) is 4. The van der Waals surface area contributed by atoms with Crippen LogP contribution in [0.15, 0.2) is 63.8 Å². The number of carboxylic acids is 1. The smallest absolute Gasteiger partial charge is 0.336 e. The zero-order chi connectivity index (χ0) is 24.9. The fraction of sp³-hybridized carbons (Fsp3) is 0.222. The van der Waals surface area contributed by atoms with Crippen LogP contribution in [0.2, 0.25) is 0 Å². The third-order valence-electron chi connectivity index (χ3n) is 5.83. The van der Waals surface area contributed by atoms with Gasteiger partial charge in [0, 0.05) is 47.4 Å². The van der Waals surface area contributed by atoms with Crippen LogP contribution >= 0.6 is 0 Å². The van der Waals surface area contributed by atoms with Gasteiger partial charge in [-0.25, -0.2) is 4.79 Å². The zero-order valence-electron chi connectivity index (χ0n) is 18.9. The summed E-state index contributed by atoms with van der Waals surface area (Å²) < 4.78 is 5.84. The first-order valence-electron chi connectivity index (χ1n) is 11.4. The molecule has 0 aromatic heterocycles. The zero-order valence-corrected chi connectivity index (χ0v) is 18.9. The van der Waals surface area contributed by atoms with Crippen molar-refractivity contribution in [2.75, 3.05) is 13.2 Å². The first kappa shape index (κ1) is 24.0. The molecule has 35 heavy (non-hydrogen) atoms. The highest BCUT2D eigenvalue weighted by atomic mass is 16.4. The summed E-state index contributed by atoms with van der Waals surface area (Å²) >= 11 is 0. The molecule has 2 aromatic carbocycles. The van der Waals surface area contributed by atoms with E-state index in [1.54, 1.807) is 12.1 Å². The Bertz CT molecular complexity index is 1420. The average Bonchev–Trinajstić information content (AvgIpc) is 2.83. The van der Waals surface area contributed by atoms with E-state index >= 15 is 0 Å². The van der Waals surface area contributed by atoms with Gasteiger partial charge in [-0.15, -0.1) is 0 Å². The minimum Gasteiger partial charge on any atom is -0.508 e. The van der Waals surface area contributed by atoms with E-state index < -0.39 is 5.97 Å². The Morgan fingerprint density at radius 3 is 2.46 bits per heavy atom. The van der Waals surface area contributed by atoms with E-state index in [-0.39, 0.29) is 40.6 Å². The molecule has 2 aromatic rings. The lowest BCUT2D eigenvalue weighted by Crippen LogP contribution is -2.24. The summed E-state index contributed by atoms with van der Waals surface area (Å²) in [7, 11) is 0. The minimum atomic E-state index is -1.17. The Morgan fingerprint density at radius 2 is 1.69 bits per heavy atom. The van der Waals surface area contributed by atoms with E-state index in [1.807, 2.05) is 0 Å². The van der Waals surface area contributed by atoms with Crippen LogP contribution in [-0.2, 0) is 0 Å². The van der Waals surface area contributed by atoms with Crippen molar-refractivity contribution in [3.63, 3.8) is 0 Å². The standard InChI is InChI=1S/C27H25NO7/c29-12-4-2-1-3-11-28-26(32)16-5-8-19(27(33)34)22(13-16)25-20-9-6-17(30)14-23(20)35-24-15-18(31)7-10-21(24)25/h5-10,13-15,29-30H,1-4,11-12H2,(H,28,32)(H,33,34). The van der Waals surface area contributed by atoms with Crippen molar-refractivity contribution >= 4 is 22.8 Å². The molecule has 1 amide bonds. The number of aliphatic hydroxyl groups excluding tert-OH is 1. The number of aromatic carboxylic acids is 1. The molecule has 4 rings (SSSR count). The van der Waals surface area contributed by atoms with Gasteiger partial charge >= 0.3 is 5.97 Å². The molecular formula is C27H25NO7. The monoisotopic (exact) mass is 475 g/mol. The summed E-state index contributed by atoms with van der Waals surface area (Å²) in [4.78, 5) is 36.9. The molecule has 0 fully saturated rings. The number of nitrogens with one attached hydrogen (secondary N) is 1. The van der Waals surface area contributed by atoms with Crippen molar-refractivity contribution in [3.8, 4) is 28.2 Å². The maximum Gasteiger partial charge on any atom is 0.336 e. The predicted octanol–water partition coefficient (Wildman–Crippen LogP) is 4.25. The number of hydrogen-bond acceptors (Lipinski definition) is 6. The van der Waals surface area contributed by atoms with Gasteiger partial charge < -0.3 is 25.1 Å². The number of phenols is 1. The van der Waals surface area contributed by atoms with Gasteiger partial charge in [0.2, 0.25) is 0 Å². The van der Waals surface area contributed by atoms with Gasteiger partial charge in [0.05, 0.1) is 5.56 Å². The number of carboxylic acid groups (broad SMARTS) is 1. The number of fused-ring (bicyclic) bond motifs is 2. The van der Waals surface area contributed by atoms with Crippen LogP contribution in [0.4, 0.5) is 0 Å². The first-order chi connectivity index (χ1) is 16.9. The lowest BCUT2D eigenvalue weighted by Gasteiger charge is -2.17. The Hall–Kier alpha value is -4.17. The number of aliphatic hydroxyl groups is 1. The Kier molecular flexibility index (Phi) is 7.12. The summed E-state index contributed by atoms with van der Waals surface area (Å²) in [6, 6.07) is 13.1. The summed E-state index contributed by atoms with van der Waals surface area (Å²) in [6.07, 6.45) is 3.25. The number of aromatic hydroxyl groups is 1. The van der Waals surface area contributed by atoms with Crippen LogP contribution in [-0.4, -0.2) is 40.3 Å². The molecule has 0 spiro atoms. The van der Waals surface area contributed by atoms with E-state index in [0.717, 1.165) is 25.7 Å². The second kappa shape index (κ2) is 10.4. The third-order valence-corrected chi connectivity index (χ3v) is 5.83. The Morgan fingerprint density at radius 1 is 0.886 bits per heavy atom. The molecule has 8 nitrogen and oxygen atoms in total. The van der Waals surface area contributed by atoms with E-state index in [1.165, 1.54) is 42.5 Å². The lowest BCUT2D eigenvalue weighted by molar-refractivity contribution is 0.0697. The molecule has 1 aliphatic carbocycles. The fourth-order valence-electron chi connectivity index (χ4n) is 4.12. The highest BCUT2D eigenvalue weighted by Crippen LogP contribution is 2.42. The normalized spacial score (nSPS) is 11.1. The molecule has 0 bridgehead atoms. The molecule has 1 heterocycles. The highest BCUT2D eigenvalue weighted by Gasteiger charge is 2.23. The Balaban J connectivity index is 1.81. The van der Waals surface area contributed by atoms with Crippen LogP contribution < -0.4 is 10.7 Å². The number of rotatable bonds is 9. The van der Waals surface area contributed by atoms with Gasteiger partial charge in [0.15, 0.2) is 5.43 Å². The summed E-state index contributed by atoms with van der Waals surface area (Å²) in [5.74, 6) is -1.31. The molecule has 8 heteroatoms. The van der Waals surface area contributed by atoms with Crippen LogP contribution in [0.1, 0.15) is 46.4 Å². The highest BCUT2D eigenvalue weighted by molar-refractivity contribution is 6.09. The largest absolute Gasteiger partial charge is 0.508 e. The Labute approximate surface area is 200 Å². The van der Waals surface area contributed by atoms with Crippen molar-refractivity contribution in [2.24, 2.45) is 0 Å². The van der Waals surface area contributed by atoms with E-state index in [2.05, 4.69) is 5.32 Å². The molecule has 1 aliphatic heterocycles. The molecule has 0 atom stereocenters. The van der Waals surface area contributed by atoms with Crippen molar-refractivity contribution in [2.45, 2.75) is 25.7 Å². The summed E-state index contributed by atoms with van der Waals surface area (Å²) in [6.45, 7) is 0.610. The second-order valence-corrected chi connectivity index (χ2v) is 8.27. The van der Waals surface area contributed by atoms with E-state index in [4.69, 9.17) is 9.52 Å². The van der Waals surface area contributed by atoms with Crippen molar-refractivity contribution in [3.05, 3.63) is 75.9 Å². The molecule has 0 unspecified atom stereocenters. The van der Waals surface area contributed by atoms with Gasteiger partial charge in [0.25, 0.3) is 5.91 Å². The quantitative estimate of drug-likeness (QED) is 0.210. The second-order valence-electron chi connectivity index (χ2n) is 8.27. The van der Waals surface area contributed by atoms with E-state index in [0.29, 0.717) is 34.2 Å². The summed E-state index contributed by atoms with van der Waals surface area (Å²) in [5, 5.41) is 32.1. The lowest BCUT2D eigenvalue weighted by atomic mass is 9.89. The minimum absolute atomic E-state index is 0.0152. The van der Waals surface area contributed by atoms with Gasteiger partial charge in [-0.3, -0.25) is 9.59 Å². The van der Waals surface area contributed by atoms with Crippen LogP contribution in [0.25, 0.3) is 33.4 Å². The predicted molar refractivity (Wildman–Crippen MR) is 131 cm³/mol. The summed E-state index contributed by atoms with van der Waals surface area (Å²) in [5.41, 5.74) is 1.55. The van der Waals surface area contributed by atoms with Gasteiger partial charge in [-0.1, -0.05) is 12.8 Å². The number of carbonyl (C=O) groups excluding carboxylic acids is 1. The van der Waals surface area contributed by atoms with E-state index in [9.17, 15) is 24.6 Å². The number of phenolic OH excluding ortho intramolecular Hbond substituents is 1. The maximum absolute atomic E-state index is 12.8. The number of unbranched alkanes of at least 4 members (excludes halogenated alkanes) is 3. The average molecular weight is 475 g/mol. The molecule has 0 saturated carbocycles. The maximum atomic E-state index is 12.8. The van der Waals surface area contributed by atoms with Gasteiger partial charge in [0.1, 0.15) is 17.1 Å². The third kappa shape index (κ3) is 5.17. The first-order valence-corrected chi connectivity index (χ1v) is 11.4. The van der Waals surface area contributed by atoms with Crippen LogP contribution in [0.5, 0.6) is 5.75 Å². The molecule has 0 radical (unpaired) electrons. The molecule has 4 N–H and O–H groups in total. The van der Waals surface area contributed by atoms with Crippen LogP contribution in [0, 0.1) is 0 Å². The molecular weight excluding hydrogens is 450 g/mol. The van der Waals surface area contributed by atoms with Crippen LogP contribution in [0.3, 0.4) is 0 Å². The van der Waals surface area contributed by atoms with Crippen molar-refractivity contribution < 1.29 is 29.3 Å². The SMILES string of the molecule is O=C(NCCCCCCO)c1ccc(C(=O)O)c(-c2c3ccc(=O)cc-3oc3cc(O)ccc23)c1. The fourth-order valence-corrected chi connectivity index (χ4v) is 4.12. The molecule has 180 valence electrons. The number of benzene rings is 3. The number of carbonyl (C=O) groups is 2. The van der Waals surface area contributed by atoms with Crippen molar-refractivity contribution in [1.82, 2.24) is 5.32 Å².